The van der Waals surface area contributed by atoms with Crippen LogP contribution in [0.1, 0.15) is 13.3 Å². The molecule has 1 saturated heterocycles. The van der Waals surface area contributed by atoms with Gasteiger partial charge in [-0.3, -0.25) is 0 Å². The van der Waals surface area contributed by atoms with Crippen LogP contribution in [0.25, 0.3) is 4.96 Å². The van der Waals surface area contributed by atoms with Gasteiger partial charge in [-0.1, -0.05) is 11.3 Å². The fourth-order valence-corrected chi connectivity index (χ4v) is 3.04. The van der Waals surface area contributed by atoms with Crippen molar-refractivity contribution in [2.75, 3.05) is 24.7 Å². The summed E-state index contributed by atoms with van der Waals surface area (Å²) in [6, 6.07) is 0.186. The summed E-state index contributed by atoms with van der Waals surface area (Å²) in [5.74, 6) is 0.500. The summed E-state index contributed by atoms with van der Waals surface area (Å²) < 4.78 is 6.97. The number of nitro groups is 1. The Morgan fingerprint density at radius 1 is 1.58 bits per heavy atom. The van der Waals surface area contributed by atoms with E-state index in [0.29, 0.717) is 30.5 Å². The highest BCUT2D eigenvalue weighted by Gasteiger charge is 2.31. The van der Waals surface area contributed by atoms with E-state index in [1.807, 2.05) is 11.8 Å². The zero-order valence-corrected chi connectivity index (χ0v) is 11.3. The highest BCUT2D eigenvalue weighted by atomic mass is 32.1. The molecule has 1 unspecified atom stereocenters. The second-order valence-corrected chi connectivity index (χ2v) is 5.39. The maximum atomic E-state index is 11.3. The molecule has 2 aromatic heterocycles. The van der Waals surface area contributed by atoms with E-state index >= 15 is 0 Å². The monoisotopic (exact) mass is 282 g/mol. The number of imidazole rings is 1. The van der Waals surface area contributed by atoms with Gasteiger partial charge in [0.15, 0.2) is 0 Å². The van der Waals surface area contributed by atoms with Crippen LogP contribution in [0.15, 0.2) is 11.6 Å². The highest BCUT2D eigenvalue weighted by molar-refractivity contribution is 7.15. The molecule has 7 nitrogen and oxygen atoms in total. The van der Waals surface area contributed by atoms with Crippen LogP contribution in [0.3, 0.4) is 0 Å². The lowest BCUT2D eigenvalue weighted by molar-refractivity contribution is -0.389. The fourth-order valence-electron chi connectivity index (χ4n) is 2.33. The van der Waals surface area contributed by atoms with E-state index in [1.165, 1.54) is 11.3 Å². The number of hydrogen-bond donors (Lipinski definition) is 0. The molecule has 0 N–H and O–H groups in total. The first-order valence-electron chi connectivity index (χ1n) is 6.13. The van der Waals surface area contributed by atoms with Crippen LogP contribution in [-0.2, 0) is 4.74 Å². The Labute approximate surface area is 113 Å². The van der Waals surface area contributed by atoms with Gasteiger partial charge in [-0.05, 0) is 18.3 Å². The van der Waals surface area contributed by atoms with Gasteiger partial charge in [0.05, 0.1) is 6.61 Å². The van der Waals surface area contributed by atoms with Crippen molar-refractivity contribution in [3.8, 4) is 0 Å². The molecule has 3 heterocycles. The predicted molar refractivity (Wildman–Crippen MR) is 72.0 cm³/mol. The van der Waals surface area contributed by atoms with Crippen LogP contribution in [0, 0.1) is 10.1 Å². The van der Waals surface area contributed by atoms with E-state index in [1.54, 1.807) is 16.0 Å². The SMILES string of the molecule is CC1CCOCCN1c1nc2sccn2c1[N+](=O)[O-]. The third kappa shape index (κ3) is 2.06. The van der Waals surface area contributed by atoms with Crippen LogP contribution < -0.4 is 4.90 Å². The quantitative estimate of drug-likeness (QED) is 0.621. The lowest BCUT2D eigenvalue weighted by Gasteiger charge is -2.25. The van der Waals surface area contributed by atoms with E-state index in [-0.39, 0.29) is 16.8 Å². The summed E-state index contributed by atoms with van der Waals surface area (Å²) >= 11 is 1.40. The molecule has 0 amide bonds. The zero-order chi connectivity index (χ0) is 13.4. The number of nitrogens with zero attached hydrogens (tertiary/aromatic N) is 4. The van der Waals surface area contributed by atoms with E-state index in [9.17, 15) is 10.1 Å². The molecule has 0 saturated carbocycles. The Balaban J connectivity index is 2.09. The van der Waals surface area contributed by atoms with Gasteiger partial charge in [0.1, 0.15) is 6.20 Å². The number of rotatable bonds is 2. The highest BCUT2D eigenvalue weighted by Crippen LogP contribution is 2.32. The number of thiazole rings is 1. The molecule has 3 rings (SSSR count). The molecule has 1 fully saturated rings. The average molecular weight is 282 g/mol. The molecule has 0 aliphatic carbocycles. The first kappa shape index (κ1) is 12.4. The summed E-state index contributed by atoms with van der Waals surface area (Å²) in [5.41, 5.74) is 0. The van der Waals surface area contributed by atoms with E-state index in [4.69, 9.17) is 4.74 Å². The normalized spacial score (nSPS) is 20.7. The lowest BCUT2D eigenvalue weighted by atomic mass is 10.2. The van der Waals surface area contributed by atoms with Crippen LogP contribution in [0.4, 0.5) is 11.6 Å². The van der Waals surface area contributed by atoms with Crippen molar-refractivity contribution in [3.05, 3.63) is 21.7 Å². The summed E-state index contributed by atoms with van der Waals surface area (Å²) in [7, 11) is 0. The van der Waals surface area contributed by atoms with Crippen molar-refractivity contribution in [1.82, 2.24) is 9.38 Å². The Hall–Kier alpha value is -1.67. The second kappa shape index (κ2) is 4.78. The van der Waals surface area contributed by atoms with Crippen molar-refractivity contribution in [1.29, 1.82) is 0 Å². The topological polar surface area (TPSA) is 72.9 Å². The molecule has 19 heavy (non-hydrogen) atoms. The standard InChI is InChI=1S/C11H14N4O3S/c1-8-2-5-18-6-3-13(8)9-10(15(16)17)14-4-7-19-11(14)12-9/h4,7-8H,2-3,5-6H2,1H3. The number of fused-ring (bicyclic) bond motifs is 1. The van der Waals surface area contributed by atoms with E-state index in [2.05, 4.69) is 4.98 Å². The minimum atomic E-state index is -0.361. The summed E-state index contributed by atoms with van der Waals surface area (Å²) in [5, 5.41) is 13.1. The van der Waals surface area contributed by atoms with Gasteiger partial charge in [-0.2, -0.15) is 9.38 Å². The average Bonchev–Trinajstić information content (AvgIpc) is 2.86. The Bertz CT molecular complexity index is 608. The number of hydrogen-bond acceptors (Lipinski definition) is 6. The van der Waals surface area contributed by atoms with Gasteiger partial charge < -0.3 is 19.8 Å². The predicted octanol–water partition coefficient (Wildman–Crippen LogP) is 1.92. The molecule has 0 spiro atoms. The van der Waals surface area contributed by atoms with Crippen LogP contribution >= 0.6 is 11.3 Å². The molecular weight excluding hydrogens is 268 g/mol. The van der Waals surface area contributed by atoms with E-state index < -0.39 is 0 Å². The minimum Gasteiger partial charge on any atom is -0.380 e. The molecule has 102 valence electrons. The van der Waals surface area contributed by atoms with Crippen LogP contribution in [-0.4, -0.2) is 40.1 Å². The summed E-state index contributed by atoms with van der Waals surface area (Å²) in [4.78, 5) is 18.0. The Morgan fingerprint density at radius 2 is 2.42 bits per heavy atom. The minimum absolute atomic E-state index is 0.0463. The smallest absolute Gasteiger partial charge is 0.373 e. The Kier molecular flexibility index (Phi) is 3.11. The Morgan fingerprint density at radius 3 is 3.21 bits per heavy atom. The van der Waals surface area contributed by atoms with Gasteiger partial charge in [0.2, 0.25) is 5.82 Å². The van der Waals surface area contributed by atoms with Gasteiger partial charge in [0.25, 0.3) is 4.96 Å². The molecule has 1 aliphatic rings. The number of anilines is 1. The first-order chi connectivity index (χ1) is 9.18. The van der Waals surface area contributed by atoms with Gasteiger partial charge in [-0.25, -0.2) is 0 Å². The van der Waals surface area contributed by atoms with Crippen LogP contribution in [0.5, 0.6) is 0 Å². The fraction of sp³-hybridized carbons (Fsp3) is 0.545. The molecule has 0 bridgehead atoms. The molecule has 1 atom stereocenters. The largest absolute Gasteiger partial charge is 0.380 e. The van der Waals surface area contributed by atoms with Crippen molar-refractivity contribution >= 4 is 27.9 Å². The van der Waals surface area contributed by atoms with E-state index in [0.717, 1.165) is 6.42 Å². The number of ether oxygens (including phenoxy) is 1. The maximum absolute atomic E-state index is 11.3. The third-order valence-electron chi connectivity index (χ3n) is 3.35. The molecular formula is C11H14N4O3S. The molecule has 8 heteroatoms. The first-order valence-corrected chi connectivity index (χ1v) is 7.01. The molecule has 0 aromatic carbocycles. The molecule has 2 aromatic rings. The van der Waals surface area contributed by atoms with Gasteiger partial charge in [0, 0.05) is 24.6 Å². The molecule has 1 aliphatic heterocycles. The van der Waals surface area contributed by atoms with Crippen molar-refractivity contribution in [2.24, 2.45) is 0 Å². The third-order valence-corrected chi connectivity index (χ3v) is 4.11. The molecule has 0 radical (unpaired) electrons. The van der Waals surface area contributed by atoms with Crippen molar-refractivity contribution in [2.45, 2.75) is 19.4 Å². The lowest BCUT2D eigenvalue weighted by Crippen LogP contribution is -2.34. The summed E-state index contributed by atoms with van der Waals surface area (Å²) in [6.45, 7) is 3.94. The van der Waals surface area contributed by atoms with Crippen LogP contribution in [0.2, 0.25) is 0 Å². The maximum Gasteiger partial charge on any atom is 0.373 e. The van der Waals surface area contributed by atoms with Gasteiger partial charge >= 0.3 is 5.82 Å². The summed E-state index contributed by atoms with van der Waals surface area (Å²) in [6.07, 6.45) is 2.54. The zero-order valence-electron chi connectivity index (χ0n) is 10.5. The van der Waals surface area contributed by atoms with Crippen molar-refractivity contribution < 1.29 is 9.66 Å². The van der Waals surface area contributed by atoms with Gasteiger partial charge in [-0.15, -0.1) is 0 Å². The second-order valence-electron chi connectivity index (χ2n) is 4.52. The number of aromatic nitrogens is 2. The van der Waals surface area contributed by atoms with Crippen molar-refractivity contribution in [3.63, 3.8) is 0 Å².